The molecule has 1 N–H and O–H groups in total. The summed E-state index contributed by atoms with van der Waals surface area (Å²) in [5.41, 5.74) is 21.2. The smallest absolute Gasteiger partial charge is 0.0707 e. The Hall–Kier alpha value is -7.10. The van der Waals surface area contributed by atoms with Crippen molar-refractivity contribution in [3.05, 3.63) is 268 Å². The van der Waals surface area contributed by atoms with Crippen LogP contribution in [0.15, 0.2) is 240 Å². The third-order valence-electron chi connectivity index (χ3n) is 13.9. The molecular formula is C59H49N3. The van der Waals surface area contributed by atoms with Crippen molar-refractivity contribution in [2.45, 2.75) is 50.1 Å². The highest BCUT2D eigenvalue weighted by atomic mass is 15.2. The number of nitrogens with one attached hydrogen (secondary N) is 1. The van der Waals surface area contributed by atoms with Crippen LogP contribution in [0.4, 0.5) is 11.4 Å². The van der Waals surface area contributed by atoms with E-state index in [4.69, 9.17) is 0 Å². The molecule has 4 aliphatic carbocycles. The number of anilines is 2. The Morgan fingerprint density at radius 1 is 0.581 bits per heavy atom. The van der Waals surface area contributed by atoms with Gasteiger partial charge in [-0.05, 0) is 119 Å². The Kier molecular flexibility index (Phi) is 9.13. The van der Waals surface area contributed by atoms with Crippen LogP contribution in [-0.4, -0.2) is 10.9 Å². The maximum absolute atomic E-state index is 3.90. The topological polar surface area (TPSA) is 18.5 Å². The molecule has 0 bridgehead atoms. The first-order valence-corrected chi connectivity index (χ1v) is 22.5. The molecule has 4 unspecified atom stereocenters. The van der Waals surface area contributed by atoms with Crippen molar-refractivity contribution >= 4 is 28.2 Å². The van der Waals surface area contributed by atoms with E-state index in [0.717, 1.165) is 37.8 Å². The Bertz CT molecular complexity index is 2910. The molecule has 0 aromatic heterocycles. The molecular weight excluding hydrogens is 751 g/mol. The predicted octanol–water partition coefficient (Wildman–Crippen LogP) is 14.1. The summed E-state index contributed by atoms with van der Waals surface area (Å²) in [6.45, 7) is 0. The Morgan fingerprint density at radius 3 is 2.18 bits per heavy atom. The van der Waals surface area contributed by atoms with Gasteiger partial charge in [-0.2, -0.15) is 0 Å². The van der Waals surface area contributed by atoms with E-state index in [9.17, 15) is 0 Å². The summed E-state index contributed by atoms with van der Waals surface area (Å²) in [5, 5.41) is 3.90. The van der Waals surface area contributed by atoms with Crippen molar-refractivity contribution in [1.29, 1.82) is 0 Å². The van der Waals surface area contributed by atoms with E-state index in [1.54, 1.807) is 5.57 Å². The first kappa shape index (κ1) is 36.7. The highest BCUT2D eigenvalue weighted by molar-refractivity contribution is 5.88. The van der Waals surface area contributed by atoms with Gasteiger partial charge in [0.25, 0.3) is 0 Å². The number of nitrogens with zero attached hydrogens (tertiary/aromatic N) is 2. The number of hydrogen-bond acceptors (Lipinski definition) is 3. The van der Waals surface area contributed by atoms with E-state index < -0.39 is 0 Å². The van der Waals surface area contributed by atoms with Crippen molar-refractivity contribution in [2.24, 2.45) is 5.92 Å². The molecule has 0 fully saturated rings. The minimum atomic E-state index is 0.0737. The first-order chi connectivity index (χ1) is 30.8. The van der Waals surface area contributed by atoms with E-state index in [2.05, 4.69) is 221 Å². The molecule has 62 heavy (non-hydrogen) atoms. The number of allylic oxidation sites excluding steroid dienone is 14. The van der Waals surface area contributed by atoms with Gasteiger partial charge in [0.2, 0.25) is 0 Å². The van der Waals surface area contributed by atoms with Crippen molar-refractivity contribution in [3.63, 3.8) is 0 Å². The van der Waals surface area contributed by atoms with Crippen LogP contribution in [0.25, 0.3) is 16.8 Å². The average Bonchev–Trinajstić information content (AvgIpc) is 3.87. The van der Waals surface area contributed by atoms with Crippen LogP contribution in [0, 0.1) is 5.92 Å². The lowest BCUT2D eigenvalue weighted by Crippen LogP contribution is -2.34. The summed E-state index contributed by atoms with van der Waals surface area (Å²) < 4.78 is 0. The second kappa shape index (κ2) is 15.4. The molecule has 0 amide bonds. The number of hydrogen-bond donors (Lipinski definition) is 1. The van der Waals surface area contributed by atoms with Crippen LogP contribution in [-0.2, 0) is 0 Å². The van der Waals surface area contributed by atoms with Crippen molar-refractivity contribution < 1.29 is 0 Å². The number of dihydropyridines is 1. The van der Waals surface area contributed by atoms with E-state index in [0.29, 0.717) is 11.8 Å². The SMILES string of the molecule is C1=CC2=C(CC1)C1C=C(c3cccc(C4=CC(c5ccccc5)=CC(c5ccccc5)N4)c3)C=CC1N2C1=C(C2=C3C(CC=C2)c2ccccc2N3c2ccccc2)C=CCC1. The van der Waals surface area contributed by atoms with Crippen LogP contribution in [0.1, 0.15) is 71.9 Å². The molecule has 4 atom stereocenters. The lowest BCUT2D eigenvalue weighted by atomic mass is 9.82. The largest absolute Gasteiger partial charge is 0.374 e. The number of fused-ring (bicyclic) bond motifs is 5. The minimum absolute atomic E-state index is 0.0737. The van der Waals surface area contributed by atoms with Crippen LogP contribution in [0.2, 0.25) is 0 Å². The third kappa shape index (κ3) is 6.26. The van der Waals surface area contributed by atoms with Crippen molar-refractivity contribution in [3.8, 4) is 0 Å². The van der Waals surface area contributed by atoms with Gasteiger partial charge in [-0.3, -0.25) is 0 Å². The predicted molar refractivity (Wildman–Crippen MR) is 257 cm³/mol. The van der Waals surface area contributed by atoms with Gasteiger partial charge in [0.05, 0.1) is 12.1 Å². The van der Waals surface area contributed by atoms with Crippen LogP contribution in [0.3, 0.4) is 0 Å². The minimum Gasteiger partial charge on any atom is -0.374 e. The van der Waals surface area contributed by atoms with Gasteiger partial charge >= 0.3 is 0 Å². The maximum atomic E-state index is 3.90. The van der Waals surface area contributed by atoms with Crippen molar-refractivity contribution in [1.82, 2.24) is 10.2 Å². The van der Waals surface area contributed by atoms with Crippen LogP contribution in [0.5, 0.6) is 0 Å². The Morgan fingerprint density at radius 2 is 1.31 bits per heavy atom. The number of benzene rings is 5. The number of para-hydroxylation sites is 2. The molecule has 300 valence electrons. The summed E-state index contributed by atoms with van der Waals surface area (Å²) in [7, 11) is 0. The molecule has 0 saturated carbocycles. The molecule has 5 aromatic carbocycles. The lowest BCUT2D eigenvalue weighted by Gasteiger charge is -2.37. The standard InChI is InChI=1S/C59H49N3/c1-4-18-40(19-5-1)45-38-53(41-20-6-2-7-21-41)60-54(39-45)44-23-16-22-42(36-44)43-34-35-58-52(37-43)49-28-12-15-33-57(49)62(58)56-32-14-11-27-48(56)51-30-17-29-50-47-26-10-13-31-55(47)61(59(50)51)46-24-8-3-9-25-46/h1-11,13,15-27,30-31,33-39,50,52-53,58,60H,12,14,28-29,32H2. The maximum Gasteiger partial charge on any atom is 0.0707 e. The molecule has 3 heterocycles. The normalized spacial score (nSPS) is 23.4. The molecule has 0 radical (unpaired) electrons. The van der Waals surface area contributed by atoms with Gasteiger partial charge in [0.15, 0.2) is 0 Å². The van der Waals surface area contributed by atoms with Gasteiger partial charge in [-0.1, -0.05) is 164 Å². The third-order valence-corrected chi connectivity index (χ3v) is 13.9. The zero-order valence-corrected chi connectivity index (χ0v) is 34.9. The summed E-state index contributed by atoms with van der Waals surface area (Å²) in [6.07, 6.45) is 32.0. The molecule has 7 aliphatic rings. The fourth-order valence-corrected chi connectivity index (χ4v) is 11.1. The molecule has 3 heteroatoms. The lowest BCUT2D eigenvalue weighted by molar-refractivity contribution is 0.356. The van der Waals surface area contributed by atoms with E-state index in [1.807, 2.05) is 0 Å². The monoisotopic (exact) mass is 799 g/mol. The highest BCUT2D eigenvalue weighted by Gasteiger charge is 2.43. The van der Waals surface area contributed by atoms with Gasteiger partial charge in [0.1, 0.15) is 0 Å². The number of rotatable bonds is 7. The zero-order chi connectivity index (χ0) is 41.0. The van der Waals surface area contributed by atoms with Crippen LogP contribution >= 0.6 is 0 Å². The van der Waals surface area contributed by atoms with Gasteiger partial charge in [-0.25, -0.2) is 0 Å². The molecule has 0 spiro atoms. The van der Waals surface area contributed by atoms with Gasteiger partial charge in [0, 0.05) is 57.1 Å². The second-order valence-electron chi connectivity index (χ2n) is 17.4. The van der Waals surface area contributed by atoms with E-state index in [1.165, 1.54) is 78.6 Å². The molecule has 12 rings (SSSR count). The molecule has 5 aromatic rings. The second-order valence-corrected chi connectivity index (χ2v) is 17.4. The van der Waals surface area contributed by atoms with Gasteiger partial charge in [-0.15, -0.1) is 0 Å². The molecule has 3 nitrogen and oxygen atoms in total. The fraction of sp³-hybridized carbons (Fsp3) is 0.153. The van der Waals surface area contributed by atoms with Crippen LogP contribution < -0.4 is 10.2 Å². The summed E-state index contributed by atoms with van der Waals surface area (Å²) in [5.74, 6) is 0.635. The Labute approximate surface area is 365 Å². The van der Waals surface area contributed by atoms with Gasteiger partial charge < -0.3 is 15.1 Å². The average molecular weight is 800 g/mol. The van der Waals surface area contributed by atoms with Crippen molar-refractivity contribution in [2.75, 3.05) is 4.90 Å². The fourth-order valence-electron chi connectivity index (χ4n) is 11.1. The molecule has 0 saturated heterocycles. The summed E-state index contributed by atoms with van der Waals surface area (Å²) in [4.78, 5) is 5.29. The van der Waals surface area contributed by atoms with E-state index in [-0.39, 0.29) is 12.1 Å². The summed E-state index contributed by atoms with van der Waals surface area (Å²) in [6, 6.07) is 51.1. The summed E-state index contributed by atoms with van der Waals surface area (Å²) >= 11 is 0. The first-order valence-electron chi connectivity index (χ1n) is 22.5. The highest BCUT2D eigenvalue weighted by Crippen LogP contribution is 2.55. The quantitative estimate of drug-likeness (QED) is 0.177. The Balaban J connectivity index is 0.917. The van der Waals surface area contributed by atoms with E-state index >= 15 is 0 Å². The molecule has 3 aliphatic heterocycles. The zero-order valence-electron chi connectivity index (χ0n) is 34.9.